The molecule has 0 unspecified atom stereocenters. The van der Waals surface area contributed by atoms with E-state index >= 15 is 0 Å². The van der Waals surface area contributed by atoms with E-state index in [1.54, 1.807) is 6.92 Å². The quantitative estimate of drug-likeness (QED) is 0.578. The van der Waals surface area contributed by atoms with Crippen LogP contribution in [-0.2, 0) is 0 Å². The summed E-state index contributed by atoms with van der Waals surface area (Å²) in [5, 5.41) is 0. The fraction of sp³-hybridized carbons (Fsp3) is 0.211. The van der Waals surface area contributed by atoms with E-state index in [1.165, 1.54) is 5.56 Å². The molecule has 0 radical (unpaired) electrons. The minimum atomic E-state index is 0.0776. The molecule has 0 bridgehead atoms. The zero-order chi connectivity index (χ0) is 14.5. The Morgan fingerprint density at radius 2 is 1.30 bits per heavy atom. The summed E-state index contributed by atoms with van der Waals surface area (Å²) in [6.07, 6.45) is 0. The van der Waals surface area contributed by atoms with Gasteiger partial charge in [-0.15, -0.1) is 0 Å². The predicted octanol–water partition coefficient (Wildman–Crippen LogP) is 4.41. The summed E-state index contributed by atoms with van der Waals surface area (Å²) < 4.78 is 0. The number of ketones is 1. The topological polar surface area (TPSA) is 17.1 Å². The first kappa shape index (κ1) is 14.1. The lowest BCUT2D eigenvalue weighted by atomic mass is 10.0. The second-order valence-corrected chi connectivity index (χ2v) is 5.16. The highest BCUT2D eigenvalue weighted by molar-refractivity contribution is 5.94. The molecule has 0 saturated heterocycles. The van der Waals surface area contributed by atoms with Crippen LogP contribution in [0, 0.1) is 11.8 Å². The van der Waals surface area contributed by atoms with Gasteiger partial charge in [-0.3, -0.25) is 4.79 Å². The number of hydrogen-bond acceptors (Lipinski definition) is 1. The maximum atomic E-state index is 11.2. The number of rotatable bonds is 2. The second-order valence-electron chi connectivity index (χ2n) is 5.16. The van der Waals surface area contributed by atoms with Gasteiger partial charge in [0.1, 0.15) is 0 Å². The summed E-state index contributed by atoms with van der Waals surface area (Å²) in [5.74, 6) is 6.87. The van der Waals surface area contributed by atoms with Crippen molar-refractivity contribution in [3.05, 3.63) is 70.8 Å². The van der Waals surface area contributed by atoms with Crippen LogP contribution >= 0.6 is 0 Å². The maximum Gasteiger partial charge on any atom is 0.159 e. The van der Waals surface area contributed by atoms with Crippen LogP contribution in [0.5, 0.6) is 0 Å². The molecule has 0 spiro atoms. The highest BCUT2D eigenvalue weighted by Gasteiger charge is 1.98. The zero-order valence-electron chi connectivity index (χ0n) is 12.1. The van der Waals surface area contributed by atoms with Crippen LogP contribution in [0.1, 0.15) is 53.7 Å². The lowest BCUT2D eigenvalue weighted by Gasteiger charge is -2.03. The van der Waals surface area contributed by atoms with Crippen molar-refractivity contribution < 1.29 is 4.79 Å². The molecule has 20 heavy (non-hydrogen) atoms. The van der Waals surface area contributed by atoms with Gasteiger partial charge in [0.15, 0.2) is 5.78 Å². The summed E-state index contributed by atoms with van der Waals surface area (Å²) in [5.41, 5.74) is 3.96. The van der Waals surface area contributed by atoms with Crippen molar-refractivity contribution in [2.24, 2.45) is 0 Å². The van der Waals surface area contributed by atoms with Crippen molar-refractivity contribution >= 4 is 5.78 Å². The molecule has 2 rings (SSSR count). The normalized spacial score (nSPS) is 10.0. The lowest BCUT2D eigenvalue weighted by molar-refractivity contribution is 0.101. The average Bonchev–Trinajstić information content (AvgIpc) is 2.46. The van der Waals surface area contributed by atoms with Crippen LogP contribution in [0.2, 0.25) is 0 Å². The first-order chi connectivity index (χ1) is 9.56. The molecule has 2 aromatic rings. The summed E-state index contributed by atoms with van der Waals surface area (Å²) in [6, 6.07) is 15.7. The molecule has 2 aromatic carbocycles. The summed E-state index contributed by atoms with van der Waals surface area (Å²) in [6.45, 7) is 5.92. The summed E-state index contributed by atoms with van der Waals surface area (Å²) >= 11 is 0. The Morgan fingerprint density at radius 1 is 0.850 bits per heavy atom. The Bertz CT molecular complexity index is 650. The molecule has 0 aromatic heterocycles. The van der Waals surface area contributed by atoms with Crippen molar-refractivity contribution in [3.8, 4) is 11.8 Å². The van der Waals surface area contributed by atoms with Crippen LogP contribution in [0.3, 0.4) is 0 Å². The van der Waals surface area contributed by atoms with Gasteiger partial charge in [0, 0.05) is 16.7 Å². The van der Waals surface area contributed by atoms with Crippen molar-refractivity contribution in [3.63, 3.8) is 0 Å². The Hall–Kier alpha value is -2.33. The number of carbonyl (C=O) groups excluding carboxylic acids is 1. The van der Waals surface area contributed by atoms with E-state index in [2.05, 4.69) is 37.8 Å². The number of hydrogen-bond donors (Lipinski definition) is 0. The largest absolute Gasteiger partial charge is 0.295 e. The molecule has 100 valence electrons. The van der Waals surface area contributed by atoms with Gasteiger partial charge in [0.05, 0.1) is 0 Å². The maximum absolute atomic E-state index is 11.2. The van der Waals surface area contributed by atoms with Crippen LogP contribution in [0.25, 0.3) is 0 Å². The summed E-state index contributed by atoms with van der Waals surface area (Å²) in [7, 11) is 0. The van der Waals surface area contributed by atoms with Gasteiger partial charge in [0.25, 0.3) is 0 Å². The van der Waals surface area contributed by atoms with Gasteiger partial charge in [-0.05, 0) is 42.7 Å². The minimum Gasteiger partial charge on any atom is -0.295 e. The van der Waals surface area contributed by atoms with E-state index in [0.29, 0.717) is 5.92 Å². The van der Waals surface area contributed by atoms with E-state index in [-0.39, 0.29) is 5.78 Å². The molecule has 0 heterocycles. The minimum absolute atomic E-state index is 0.0776. The molecule has 0 aliphatic carbocycles. The Morgan fingerprint density at radius 3 is 1.70 bits per heavy atom. The van der Waals surface area contributed by atoms with Gasteiger partial charge in [0.2, 0.25) is 0 Å². The van der Waals surface area contributed by atoms with Crippen molar-refractivity contribution in [1.29, 1.82) is 0 Å². The molecule has 1 heteroatoms. The first-order valence-electron chi connectivity index (χ1n) is 6.79. The van der Waals surface area contributed by atoms with Gasteiger partial charge >= 0.3 is 0 Å². The molecule has 0 aliphatic heterocycles. The molecule has 0 aliphatic rings. The van der Waals surface area contributed by atoms with E-state index in [9.17, 15) is 4.79 Å². The van der Waals surface area contributed by atoms with Crippen LogP contribution in [0.4, 0.5) is 0 Å². The number of benzene rings is 2. The lowest BCUT2D eigenvalue weighted by Crippen LogP contribution is -1.90. The zero-order valence-corrected chi connectivity index (χ0v) is 12.1. The van der Waals surface area contributed by atoms with Crippen LogP contribution in [0.15, 0.2) is 48.5 Å². The third-order valence-electron chi connectivity index (χ3n) is 3.22. The monoisotopic (exact) mass is 262 g/mol. The molecule has 0 fully saturated rings. The molecule has 0 atom stereocenters. The standard InChI is InChI=1S/C19H18O/c1-14(2)18-10-6-16(7-11-18)4-5-17-8-12-19(13-9-17)15(3)20/h6-14H,1-3H3. The molecular weight excluding hydrogens is 244 g/mol. The number of carbonyl (C=O) groups is 1. The highest BCUT2D eigenvalue weighted by Crippen LogP contribution is 2.14. The molecule has 0 saturated carbocycles. The summed E-state index contributed by atoms with van der Waals surface area (Å²) in [4.78, 5) is 11.2. The van der Waals surface area contributed by atoms with Gasteiger partial charge < -0.3 is 0 Å². The first-order valence-corrected chi connectivity index (χ1v) is 6.79. The van der Waals surface area contributed by atoms with E-state index in [1.807, 2.05) is 36.4 Å². The predicted molar refractivity (Wildman–Crippen MR) is 83.0 cm³/mol. The van der Waals surface area contributed by atoms with Gasteiger partial charge in [-0.2, -0.15) is 0 Å². The third-order valence-corrected chi connectivity index (χ3v) is 3.22. The smallest absolute Gasteiger partial charge is 0.159 e. The number of Topliss-reactive ketones (excluding diaryl/α,β-unsaturated/α-hetero) is 1. The molecule has 1 nitrogen and oxygen atoms in total. The fourth-order valence-corrected chi connectivity index (χ4v) is 1.88. The van der Waals surface area contributed by atoms with Crippen molar-refractivity contribution in [2.45, 2.75) is 26.7 Å². The van der Waals surface area contributed by atoms with E-state index in [4.69, 9.17) is 0 Å². The Labute approximate surface area is 120 Å². The SMILES string of the molecule is CC(=O)c1ccc(C#Cc2ccc(C(C)C)cc2)cc1. The van der Waals surface area contributed by atoms with Crippen LogP contribution in [-0.4, -0.2) is 5.78 Å². The molecular formula is C19H18O. The fourth-order valence-electron chi connectivity index (χ4n) is 1.88. The Kier molecular flexibility index (Phi) is 4.38. The average molecular weight is 262 g/mol. The van der Waals surface area contributed by atoms with Gasteiger partial charge in [-0.25, -0.2) is 0 Å². The molecule has 0 N–H and O–H groups in total. The third kappa shape index (κ3) is 3.59. The molecule has 0 amide bonds. The van der Waals surface area contributed by atoms with Gasteiger partial charge in [-0.1, -0.05) is 50.0 Å². The second kappa shape index (κ2) is 6.21. The van der Waals surface area contributed by atoms with E-state index < -0.39 is 0 Å². The van der Waals surface area contributed by atoms with Crippen molar-refractivity contribution in [2.75, 3.05) is 0 Å². The highest BCUT2D eigenvalue weighted by atomic mass is 16.1. The van der Waals surface area contributed by atoms with Crippen LogP contribution < -0.4 is 0 Å². The van der Waals surface area contributed by atoms with E-state index in [0.717, 1.165) is 16.7 Å². The van der Waals surface area contributed by atoms with Crippen molar-refractivity contribution in [1.82, 2.24) is 0 Å². The Balaban J connectivity index is 2.15.